The summed E-state index contributed by atoms with van der Waals surface area (Å²) in [6.45, 7) is 1.82. The number of rotatable bonds is 5. The van der Waals surface area contributed by atoms with Gasteiger partial charge in [-0.2, -0.15) is 0 Å². The molecule has 9 heteroatoms. The van der Waals surface area contributed by atoms with Gasteiger partial charge in [-0.3, -0.25) is 10.1 Å². The normalized spacial score (nSPS) is 28.2. The van der Waals surface area contributed by atoms with E-state index in [1.165, 1.54) is 50.3 Å². The van der Waals surface area contributed by atoms with Crippen molar-refractivity contribution in [3.63, 3.8) is 0 Å². The fourth-order valence-corrected chi connectivity index (χ4v) is 8.07. The molecule has 3 heterocycles. The predicted molar refractivity (Wildman–Crippen MR) is 124 cm³/mol. The number of thioether (sulfide) groups is 1. The molecule has 7 nitrogen and oxygen atoms in total. The Bertz CT molecular complexity index is 1140. The molecule has 4 bridgehead atoms. The van der Waals surface area contributed by atoms with Crippen LogP contribution in [0.1, 0.15) is 59.6 Å². The standard InChI is InChI=1S/C23H25N5O2S2/c1-12-17(20(31-2)25-18(24-12)16-4-3-5-30-16)19(29)26-22-28-27-21(32-22)23-9-13-6-14(10-23)8-15(7-13)11-23/h3-5,13-15H,6-11H2,1-2H3,(H,26,28,29). The molecule has 4 fully saturated rings. The van der Waals surface area contributed by atoms with E-state index in [-0.39, 0.29) is 11.3 Å². The maximum absolute atomic E-state index is 13.2. The van der Waals surface area contributed by atoms with Gasteiger partial charge in [-0.15, -0.1) is 22.0 Å². The molecule has 3 aromatic rings. The van der Waals surface area contributed by atoms with Crippen molar-refractivity contribution in [1.29, 1.82) is 0 Å². The molecule has 0 spiro atoms. The Morgan fingerprint density at radius 1 is 1.16 bits per heavy atom. The quantitative estimate of drug-likeness (QED) is 0.400. The number of hydrogen-bond acceptors (Lipinski definition) is 8. The van der Waals surface area contributed by atoms with E-state index in [2.05, 4.69) is 25.5 Å². The number of nitrogens with zero attached hydrogens (tertiary/aromatic N) is 4. The SMILES string of the molecule is CSc1nc(-c2ccco2)nc(C)c1C(=O)Nc1nnc(C23CC4CC(CC(C4)C2)C3)s1. The van der Waals surface area contributed by atoms with Gasteiger partial charge in [0.15, 0.2) is 11.6 Å². The Hall–Kier alpha value is -2.26. The van der Waals surface area contributed by atoms with E-state index in [4.69, 9.17) is 4.42 Å². The highest BCUT2D eigenvalue weighted by atomic mass is 32.2. The van der Waals surface area contributed by atoms with Gasteiger partial charge in [-0.25, -0.2) is 9.97 Å². The third-order valence-electron chi connectivity index (χ3n) is 7.36. The van der Waals surface area contributed by atoms with Gasteiger partial charge in [0.1, 0.15) is 10.0 Å². The number of carbonyl (C=O) groups excluding carboxylic acids is 1. The van der Waals surface area contributed by atoms with E-state index < -0.39 is 0 Å². The summed E-state index contributed by atoms with van der Waals surface area (Å²) in [5, 5.41) is 14.2. The van der Waals surface area contributed by atoms with Crippen molar-refractivity contribution in [2.45, 2.75) is 55.9 Å². The first-order valence-corrected chi connectivity index (χ1v) is 13.2. The van der Waals surface area contributed by atoms with Crippen LogP contribution in [0.15, 0.2) is 27.8 Å². The first-order valence-electron chi connectivity index (χ1n) is 11.1. The molecule has 3 aromatic heterocycles. The molecule has 0 saturated heterocycles. The van der Waals surface area contributed by atoms with Crippen LogP contribution in [-0.2, 0) is 5.41 Å². The zero-order valence-electron chi connectivity index (χ0n) is 18.1. The van der Waals surface area contributed by atoms with E-state index in [0.29, 0.717) is 33.0 Å². The Labute approximate surface area is 194 Å². The van der Waals surface area contributed by atoms with Crippen molar-refractivity contribution < 1.29 is 9.21 Å². The van der Waals surface area contributed by atoms with Crippen molar-refractivity contribution in [3.8, 4) is 11.6 Å². The summed E-state index contributed by atoms with van der Waals surface area (Å²) >= 11 is 2.97. The number of hydrogen-bond donors (Lipinski definition) is 1. The van der Waals surface area contributed by atoms with Gasteiger partial charge in [-0.1, -0.05) is 11.3 Å². The molecule has 0 aromatic carbocycles. The minimum atomic E-state index is -0.244. The Morgan fingerprint density at radius 3 is 2.50 bits per heavy atom. The van der Waals surface area contributed by atoms with E-state index in [9.17, 15) is 4.79 Å². The van der Waals surface area contributed by atoms with Crippen LogP contribution in [0.2, 0.25) is 0 Å². The van der Waals surface area contributed by atoms with E-state index in [1.807, 2.05) is 19.2 Å². The molecule has 0 atom stereocenters. The summed E-state index contributed by atoms with van der Waals surface area (Å²) < 4.78 is 5.42. The average Bonchev–Trinajstić information content (AvgIpc) is 3.44. The van der Waals surface area contributed by atoms with E-state index in [0.717, 1.165) is 22.8 Å². The molecule has 1 amide bonds. The fraction of sp³-hybridized carbons (Fsp3) is 0.522. The first-order chi connectivity index (χ1) is 15.5. The summed E-state index contributed by atoms with van der Waals surface area (Å²) in [6, 6.07) is 3.61. The minimum Gasteiger partial charge on any atom is -0.461 e. The highest BCUT2D eigenvalue weighted by Gasteiger charge is 2.53. The lowest BCUT2D eigenvalue weighted by Gasteiger charge is -2.55. The van der Waals surface area contributed by atoms with Gasteiger partial charge in [0.2, 0.25) is 5.13 Å². The molecule has 0 unspecified atom stereocenters. The number of amides is 1. The number of aryl methyl sites for hydroxylation is 1. The molecule has 4 aliphatic rings. The van der Waals surface area contributed by atoms with Crippen LogP contribution in [0.3, 0.4) is 0 Å². The largest absolute Gasteiger partial charge is 0.461 e. The molecular weight excluding hydrogens is 442 g/mol. The number of carbonyl (C=O) groups is 1. The molecule has 166 valence electrons. The van der Waals surface area contributed by atoms with Gasteiger partial charge >= 0.3 is 0 Å². The topological polar surface area (TPSA) is 93.8 Å². The second-order valence-corrected chi connectivity index (χ2v) is 11.3. The van der Waals surface area contributed by atoms with Crippen molar-refractivity contribution in [1.82, 2.24) is 20.2 Å². The van der Waals surface area contributed by atoms with E-state index in [1.54, 1.807) is 23.7 Å². The molecule has 0 radical (unpaired) electrons. The Balaban J connectivity index is 1.25. The van der Waals surface area contributed by atoms with Crippen molar-refractivity contribution in [2.75, 3.05) is 11.6 Å². The molecule has 4 aliphatic carbocycles. The maximum atomic E-state index is 13.2. The molecular formula is C23H25N5O2S2. The highest BCUT2D eigenvalue weighted by molar-refractivity contribution is 7.98. The zero-order valence-corrected chi connectivity index (χ0v) is 19.8. The van der Waals surface area contributed by atoms with Crippen molar-refractivity contribution >= 4 is 34.1 Å². The number of nitrogens with one attached hydrogen (secondary N) is 1. The second-order valence-electron chi connectivity index (χ2n) is 9.56. The average molecular weight is 468 g/mol. The fourth-order valence-electron chi connectivity index (χ4n) is 6.49. The first kappa shape index (κ1) is 20.4. The summed E-state index contributed by atoms with van der Waals surface area (Å²) in [5.41, 5.74) is 1.27. The Kier molecular flexibility index (Phi) is 4.87. The molecule has 0 aliphatic heterocycles. The highest BCUT2D eigenvalue weighted by Crippen LogP contribution is 2.61. The molecule has 4 saturated carbocycles. The molecule has 7 rings (SSSR count). The summed E-state index contributed by atoms with van der Waals surface area (Å²) in [6.07, 6.45) is 11.4. The van der Waals surface area contributed by atoms with Crippen molar-refractivity contribution in [2.24, 2.45) is 17.8 Å². The van der Waals surface area contributed by atoms with Crippen LogP contribution in [-0.4, -0.2) is 32.3 Å². The smallest absolute Gasteiger partial charge is 0.262 e. The van der Waals surface area contributed by atoms with Crippen LogP contribution in [0.25, 0.3) is 11.6 Å². The van der Waals surface area contributed by atoms with Crippen LogP contribution < -0.4 is 5.32 Å². The van der Waals surface area contributed by atoms with Crippen LogP contribution in [0.5, 0.6) is 0 Å². The van der Waals surface area contributed by atoms with Crippen LogP contribution in [0.4, 0.5) is 5.13 Å². The number of furan rings is 1. The van der Waals surface area contributed by atoms with Gasteiger partial charge < -0.3 is 4.42 Å². The monoisotopic (exact) mass is 467 g/mol. The lowest BCUT2D eigenvalue weighted by molar-refractivity contribution is -0.00555. The van der Waals surface area contributed by atoms with Crippen molar-refractivity contribution in [3.05, 3.63) is 34.7 Å². The van der Waals surface area contributed by atoms with Gasteiger partial charge in [0.25, 0.3) is 5.91 Å². The summed E-state index contributed by atoms with van der Waals surface area (Å²) in [5.74, 6) is 3.36. The lowest BCUT2D eigenvalue weighted by Crippen LogP contribution is -2.48. The summed E-state index contributed by atoms with van der Waals surface area (Å²) in [4.78, 5) is 22.2. The predicted octanol–water partition coefficient (Wildman–Crippen LogP) is 5.34. The van der Waals surface area contributed by atoms with Gasteiger partial charge in [0.05, 0.1) is 17.5 Å². The van der Waals surface area contributed by atoms with Gasteiger partial charge in [0, 0.05) is 5.41 Å². The number of anilines is 1. The van der Waals surface area contributed by atoms with E-state index >= 15 is 0 Å². The molecule has 32 heavy (non-hydrogen) atoms. The van der Waals surface area contributed by atoms with Crippen LogP contribution in [0, 0.1) is 24.7 Å². The molecule has 1 N–H and O–H groups in total. The Morgan fingerprint density at radius 2 is 1.88 bits per heavy atom. The van der Waals surface area contributed by atoms with Crippen LogP contribution >= 0.6 is 23.1 Å². The maximum Gasteiger partial charge on any atom is 0.262 e. The third kappa shape index (κ3) is 3.37. The zero-order chi connectivity index (χ0) is 21.9. The lowest BCUT2D eigenvalue weighted by atomic mass is 9.50. The summed E-state index contributed by atoms with van der Waals surface area (Å²) in [7, 11) is 0. The number of aromatic nitrogens is 4. The third-order valence-corrected chi connectivity index (χ3v) is 9.12. The second kappa shape index (κ2) is 7.66. The minimum absolute atomic E-state index is 0.184. The van der Waals surface area contributed by atoms with Gasteiger partial charge in [-0.05, 0) is 81.6 Å².